The lowest BCUT2D eigenvalue weighted by Gasteiger charge is -2.44. The van der Waals surface area contributed by atoms with Crippen molar-refractivity contribution in [1.29, 1.82) is 0 Å². The van der Waals surface area contributed by atoms with Gasteiger partial charge in [0.2, 0.25) is 0 Å². The lowest BCUT2D eigenvalue weighted by atomic mass is 9.87. The van der Waals surface area contributed by atoms with Crippen molar-refractivity contribution in [2.75, 3.05) is 13.1 Å². The Morgan fingerprint density at radius 3 is 2.67 bits per heavy atom. The van der Waals surface area contributed by atoms with Crippen LogP contribution in [0.1, 0.15) is 19.3 Å². The van der Waals surface area contributed by atoms with E-state index in [1.807, 2.05) is 12.1 Å². The molecule has 3 aliphatic heterocycles. The van der Waals surface area contributed by atoms with Crippen molar-refractivity contribution in [3.8, 4) is 16.9 Å². The van der Waals surface area contributed by atoms with Crippen LogP contribution in [-0.4, -0.2) is 24.2 Å². The van der Waals surface area contributed by atoms with Crippen molar-refractivity contribution in [3.05, 3.63) is 54.8 Å². The van der Waals surface area contributed by atoms with Crippen LogP contribution in [0, 0.1) is 5.92 Å². The van der Waals surface area contributed by atoms with Crippen LogP contribution >= 0.6 is 0 Å². The van der Waals surface area contributed by atoms with Crippen molar-refractivity contribution in [2.24, 2.45) is 5.92 Å². The number of hydrogen-bond donors (Lipinski definition) is 0. The van der Waals surface area contributed by atoms with E-state index in [1.54, 1.807) is 6.26 Å². The molecule has 0 aliphatic carbocycles. The minimum absolute atomic E-state index is 0.254. The number of hydrogen-bond acceptors (Lipinski definition) is 3. The van der Waals surface area contributed by atoms with Crippen molar-refractivity contribution in [3.63, 3.8) is 0 Å². The third-order valence-electron chi connectivity index (χ3n) is 5.48. The van der Waals surface area contributed by atoms with Gasteiger partial charge < -0.3 is 9.15 Å². The van der Waals surface area contributed by atoms with Crippen molar-refractivity contribution in [1.82, 2.24) is 4.90 Å². The Labute approximate surface area is 141 Å². The van der Waals surface area contributed by atoms with Crippen molar-refractivity contribution >= 4 is 11.0 Å². The summed E-state index contributed by atoms with van der Waals surface area (Å²) in [5.41, 5.74) is 3.31. The molecule has 3 heteroatoms. The van der Waals surface area contributed by atoms with Crippen LogP contribution in [-0.2, 0) is 0 Å². The second-order valence-corrected chi connectivity index (χ2v) is 6.99. The Bertz CT molecular complexity index is 861. The van der Waals surface area contributed by atoms with Crippen LogP contribution in [0.4, 0.5) is 0 Å². The fourth-order valence-corrected chi connectivity index (χ4v) is 4.09. The molecule has 0 amide bonds. The highest BCUT2D eigenvalue weighted by molar-refractivity contribution is 5.83. The fraction of sp³-hybridized carbons (Fsp3) is 0.333. The topological polar surface area (TPSA) is 25.6 Å². The van der Waals surface area contributed by atoms with Gasteiger partial charge in [-0.1, -0.05) is 18.2 Å². The van der Waals surface area contributed by atoms with E-state index in [-0.39, 0.29) is 6.23 Å². The number of nitrogens with zero attached hydrogens (tertiary/aromatic N) is 1. The summed E-state index contributed by atoms with van der Waals surface area (Å²) in [4.78, 5) is 2.49. The van der Waals surface area contributed by atoms with E-state index in [0.29, 0.717) is 0 Å². The molecule has 24 heavy (non-hydrogen) atoms. The van der Waals surface area contributed by atoms with Crippen molar-refractivity contribution in [2.45, 2.75) is 25.5 Å². The first-order valence-electron chi connectivity index (χ1n) is 8.83. The first kappa shape index (κ1) is 14.1. The Morgan fingerprint density at radius 1 is 0.958 bits per heavy atom. The molecular weight excluding hydrogens is 298 g/mol. The molecule has 2 aromatic carbocycles. The lowest BCUT2D eigenvalue weighted by Crippen LogP contribution is -2.51. The Kier molecular flexibility index (Phi) is 3.34. The van der Waals surface area contributed by atoms with Gasteiger partial charge in [0.15, 0.2) is 6.23 Å². The third kappa shape index (κ3) is 2.49. The van der Waals surface area contributed by atoms with E-state index in [1.165, 1.54) is 43.5 Å². The third-order valence-corrected chi connectivity index (χ3v) is 5.48. The molecule has 1 unspecified atom stereocenters. The summed E-state index contributed by atoms with van der Waals surface area (Å²) in [6.07, 6.45) is 5.84. The molecule has 0 spiro atoms. The number of benzene rings is 2. The number of furan rings is 1. The highest BCUT2D eigenvalue weighted by Gasteiger charge is 2.34. The van der Waals surface area contributed by atoms with Gasteiger partial charge in [0.1, 0.15) is 11.3 Å². The van der Waals surface area contributed by atoms with Crippen LogP contribution in [0.3, 0.4) is 0 Å². The molecule has 3 aliphatic rings. The quantitative estimate of drug-likeness (QED) is 0.685. The van der Waals surface area contributed by atoms with E-state index in [2.05, 4.69) is 41.3 Å². The predicted molar refractivity (Wildman–Crippen MR) is 95.0 cm³/mol. The molecule has 3 nitrogen and oxygen atoms in total. The van der Waals surface area contributed by atoms with Crippen LogP contribution < -0.4 is 4.74 Å². The van der Waals surface area contributed by atoms with Gasteiger partial charge in [-0.05, 0) is 60.2 Å². The zero-order valence-electron chi connectivity index (χ0n) is 13.7. The maximum atomic E-state index is 6.33. The van der Waals surface area contributed by atoms with E-state index in [4.69, 9.17) is 9.15 Å². The summed E-state index contributed by atoms with van der Waals surface area (Å²) in [7, 11) is 0. The average molecular weight is 319 g/mol. The van der Waals surface area contributed by atoms with Gasteiger partial charge >= 0.3 is 0 Å². The molecule has 0 saturated carbocycles. The monoisotopic (exact) mass is 319 g/mol. The molecular formula is C21H21NO2. The highest BCUT2D eigenvalue weighted by Crippen LogP contribution is 2.34. The van der Waals surface area contributed by atoms with Crippen LogP contribution in [0.25, 0.3) is 22.1 Å². The molecule has 1 atom stereocenters. The first-order valence-corrected chi connectivity index (χ1v) is 8.83. The largest absolute Gasteiger partial charge is 0.475 e. The molecule has 3 fully saturated rings. The average Bonchev–Trinajstić information content (AvgIpc) is 3.11. The molecule has 2 bridgehead atoms. The highest BCUT2D eigenvalue weighted by atomic mass is 16.5. The number of rotatable bonds is 3. The van der Waals surface area contributed by atoms with Gasteiger partial charge in [0.25, 0.3) is 0 Å². The second-order valence-electron chi connectivity index (χ2n) is 6.99. The Balaban J connectivity index is 1.41. The SMILES string of the molecule is c1cc(OC2CC3CCN2CC3)cc(-c2ccc3occc3c2)c1. The minimum atomic E-state index is 0.254. The Hall–Kier alpha value is -2.26. The summed E-state index contributed by atoms with van der Waals surface area (Å²) in [5.74, 6) is 1.82. The summed E-state index contributed by atoms with van der Waals surface area (Å²) >= 11 is 0. The fourth-order valence-electron chi connectivity index (χ4n) is 4.09. The minimum Gasteiger partial charge on any atom is -0.475 e. The first-order chi connectivity index (χ1) is 11.8. The zero-order valence-corrected chi connectivity index (χ0v) is 13.7. The van der Waals surface area contributed by atoms with E-state index in [0.717, 1.165) is 22.6 Å². The second kappa shape index (κ2) is 5.67. The molecule has 122 valence electrons. The molecule has 3 aromatic rings. The van der Waals surface area contributed by atoms with E-state index in [9.17, 15) is 0 Å². The van der Waals surface area contributed by atoms with Crippen LogP contribution in [0.15, 0.2) is 59.2 Å². The van der Waals surface area contributed by atoms with Crippen molar-refractivity contribution < 1.29 is 9.15 Å². The maximum absolute atomic E-state index is 6.33. The van der Waals surface area contributed by atoms with Crippen LogP contribution in [0.2, 0.25) is 0 Å². The van der Waals surface area contributed by atoms with Gasteiger partial charge in [-0.15, -0.1) is 0 Å². The van der Waals surface area contributed by atoms with Gasteiger partial charge in [-0.3, -0.25) is 4.90 Å². The summed E-state index contributed by atoms with van der Waals surface area (Å²) in [6, 6.07) is 16.8. The van der Waals surface area contributed by atoms with Crippen LogP contribution in [0.5, 0.6) is 5.75 Å². The lowest BCUT2D eigenvalue weighted by molar-refractivity contribution is -0.0605. The molecule has 4 heterocycles. The normalized spacial score (nSPS) is 25.9. The molecule has 3 saturated heterocycles. The summed E-state index contributed by atoms with van der Waals surface area (Å²) in [5, 5.41) is 1.13. The summed E-state index contributed by atoms with van der Waals surface area (Å²) in [6.45, 7) is 2.37. The zero-order chi connectivity index (χ0) is 15.9. The van der Waals surface area contributed by atoms with Gasteiger partial charge in [-0.25, -0.2) is 0 Å². The van der Waals surface area contributed by atoms with Gasteiger partial charge in [0, 0.05) is 24.9 Å². The standard InChI is InChI=1S/C21H21NO2/c1-2-16(17-4-5-20-18(13-17)8-11-23-20)14-19(3-1)24-21-12-15-6-9-22(21)10-7-15/h1-5,8,11,13-15,21H,6-7,9-10,12H2. The maximum Gasteiger partial charge on any atom is 0.152 e. The Morgan fingerprint density at radius 2 is 1.83 bits per heavy atom. The molecule has 6 rings (SSSR count). The summed E-state index contributed by atoms with van der Waals surface area (Å²) < 4.78 is 11.8. The van der Waals surface area contributed by atoms with Gasteiger partial charge in [0.05, 0.1) is 6.26 Å². The number of fused-ring (bicyclic) bond motifs is 4. The predicted octanol–water partition coefficient (Wildman–Crippen LogP) is 4.92. The molecule has 1 aromatic heterocycles. The smallest absolute Gasteiger partial charge is 0.152 e. The number of piperidine rings is 3. The molecule has 0 N–H and O–H groups in total. The van der Waals surface area contributed by atoms with E-state index < -0.39 is 0 Å². The molecule has 0 radical (unpaired) electrons. The number of ether oxygens (including phenoxy) is 1. The van der Waals surface area contributed by atoms with Gasteiger partial charge in [-0.2, -0.15) is 0 Å². The van der Waals surface area contributed by atoms with E-state index >= 15 is 0 Å².